The van der Waals surface area contributed by atoms with Gasteiger partial charge in [-0.1, -0.05) is 12.1 Å². The first-order chi connectivity index (χ1) is 12.0. The molecule has 3 atom stereocenters. The molecular formula is C20H30N2O3. The molecule has 0 radical (unpaired) electrons. The molecule has 2 fully saturated rings. The van der Waals surface area contributed by atoms with Gasteiger partial charge in [-0.2, -0.15) is 0 Å². The largest absolute Gasteiger partial charge is 0.497 e. The van der Waals surface area contributed by atoms with E-state index in [-0.39, 0.29) is 18.1 Å². The number of hydrogen-bond donors (Lipinski definition) is 0. The van der Waals surface area contributed by atoms with Gasteiger partial charge in [0.15, 0.2) is 0 Å². The molecule has 2 saturated heterocycles. The molecule has 0 saturated carbocycles. The highest BCUT2D eigenvalue weighted by atomic mass is 16.5. The number of nitrogens with zero attached hydrogens (tertiary/aromatic N) is 2. The predicted octanol–water partition coefficient (Wildman–Crippen LogP) is 2.34. The average molecular weight is 346 g/mol. The predicted molar refractivity (Wildman–Crippen MR) is 97.9 cm³/mol. The van der Waals surface area contributed by atoms with Gasteiger partial charge in [0.2, 0.25) is 5.91 Å². The molecule has 5 nitrogen and oxygen atoms in total. The van der Waals surface area contributed by atoms with Crippen molar-refractivity contribution in [3.8, 4) is 5.75 Å². The second kappa shape index (κ2) is 8.19. The zero-order valence-electron chi connectivity index (χ0n) is 15.6. The molecule has 2 aliphatic rings. The first kappa shape index (κ1) is 18.2. The first-order valence-corrected chi connectivity index (χ1v) is 9.35. The van der Waals surface area contributed by atoms with Crippen LogP contribution in [0.1, 0.15) is 32.3 Å². The third-order valence-electron chi connectivity index (χ3n) is 5.15. The monoisotopic (exact) mass is 346 g/mol. The minimum absolute atomic E-state index is 0.227. The lowest BCUT2D eigenvalue weighted by Crippen LogP contribution is -2.51. The smallest absolute Gasteiger partial charge is 0.227 e. The summed E-state index contributed by atoms with van der Waals surface area (Å²) in [6.07, 6.45) is 3.19. The normalized spacial score (nSPS) is 27.5. The van der Waals surface area contributed by atoms with E-state index in [9.17, 15) is 4.79 Å². The molecule has 25 heavy (non-hydrogen) atoms. The number of amides is 1. The standard InChI is InChI=1S/C20H30N2O3/c1-15-12-21(13-16(2)25-15)14-18-7-5-9-22(18)20(23)11-17-6-4-8-19(10-17)24-3/h4,6,8,10,15-16,18H,5,7,9,11-14H2,1-3H3/t15-,16+,18-/m1/s1. The average Bonchev–Trinajstić information content (AvgIpc) is 3.02. The van der Waals surface area contributed by atoms with Crippen LogP contribution in [0.25, 0.3) is 0 Å². The van der Waals surface area contributed by atoms with Gasteiger partial charge in [0.1, 0.15) is 5.75 Å². The van der Waals surface area contributed by atoms with Gasteiger partial charge in [0.25, 0.3) is 0 Å². The Hall–Kier alpha value is -1.59. The molecule has 2 aliphatic heterocycles. The summed E-state index contributed by atoms with van der Waals surface area (Å²) in [5.41, 5.74) is 1.02. The summed E-state index contributed by atoms with van der Waals surface area (Å²) >= 11 is 0. The number of likely N-dealkylation sites (tertiary alicyclic amines) is 1. The SMILES string of the molecule is COc1cccc(CC(=O)N2CCC[C@@H]2CN2C[C@@H](C)O[C@@H](C)C2)c1. The Morgan fingerprint density at radius 2 is 2.04 bits per heavy atom. The Balaban J connectivity index is 1.59. The summed E-state index contributed by atoms with van der Waals surface area (Å²) in [6, 6.07) is 8.13. The summed E-state index contributed by atoms with van der Waals surface area (Å²) in [5, 5.41) is 0. The van der Waals surface area contributed by atoms with Crippen LogP contribution in [0.15, 0.2) is 24.3 Å². The molecule has 138 valence electrons. The number of hydrogen-bond acceptors (Lipinski definition) is 4. The van der Waals surface area contributed by atoms with Crippen LogP contribution < -0.4 is 4.74 Å². The fraction of sp³-hybridized carbons (Fsp3) is 0.650. The van der Waals surface area contributed by atoms with Crippen molar-refractivity contribution in [1.29, 1.82) is 0 Å². The number of morpholine rings is 1. The van der Waals surface area contributed by atoms with Gasteiger partial charge in [0, 0.05) is 32.2 Å². The molecule has 0 spiro atoms. The summed E-state index contributed by atoms with van der Waals surface area (Å²) in [5.74, 6) is 1.03. The lowest BCUT2D eigenvalue weighted by atomic mass is 10.1. The Labute approximate surface area is 150 Å². The third-order valence-corrected chi connectivity index (χ3v) is 5.15. The summed E-state index contributed by atoms with van der Waals surface area (Å²) in [4.78, 5) is 17.4. The molecule has 1 aromatic carbocycles. The number of ether oxygens (including phenoxy) is 2. The maximum atomic E-state index is 12.8. The van der Waals surface area contributed by atoms with Crippen molar-refractivity contribution in [2.75, 3.05) is 33.3 Å². The van der Waals surface area contributed by atoms with E-state index >= 15 is 0 Å². The highest BCUT2D eigenvalue weighted by molar-refractivity contribution is 5.79. The van der Waals surface area contributed by atoms with E-state index in [1.165, 1.54) is 0 Å². The van der Waals surface area contributed by atoms with Gasteiger partial charge in [-0.15, -0.1) is 0 Å². The molecule has 3 rings (SSSR count). The van der Waals surface area contributed by atoms with E-state index in [0.29, 0.717) is 12.5 Å². The first-order valence-electron chi connectivity index (χ1n) is 9.35. The van der Waals surface area contributed by atoms with Gasteiger partial charge in [-0.3, -0.25) is 9.69 Å². The lowest BCUT2D eigenvalue weighted by Gasteiger charge is -2.38. The van der Waals surface area contributed by atoms with E-state index in [1.807, 2.05) is 24.3 Å². The Kier molecular flexibility index (Phi) is 5.97. The molecule has 5 heteroatoms. The number of rotatable bonds is 5. The zero-order valence-corrected chi connectivity index (χ0v) is 15.6. The van der Waals surface area contributed by atoms with Crippen LogP contribution in [0, 0.1) is 0 Å². The number of carbonyl (C=O) groups is 1. The second-order valence-electron chi connectivity index (χ2n) is 7.39. The van der Waals surface area contributed by atoms with Crippen molar-refractivity contribution in [3.05, 3.63) is 29.8 Å². The van der Waals surface area contributed by atoms with Crippen LogP contribution in [0.5, 0.6) is 5.75 Å². The van der Waals surface area contributed by atoms with E-state index in [4.69, 9.17) is 9.47 Å². The van der Waals surface area contributed by atoms with E-state index in [2.05, 4.69) is 23.6 Å². The Morgan fingerprint density at radius 1 is 1.28 bits per heavy atom. The topological polar surface area (TPSA) is 42.0 Å². The van der Waals surface area contributed by atoms with Crippen molar-refractivity contribution in [1.82, 2.24) is 9.80 Å². The molecule has 0 aliphatic carbocycles. The summed E-state index contributed by atoms with van der Waals surface area (Å²) in [6.45, 7) is 8.01. The van der Waals surface area contributed by atoms with Gasteiger partial charge >= 0.3 is 0 Å². The molecule has 0 N–H and O–H groups in total. The highest BCUT2D eigenvalue weighted by Crippen LogP contribution is 2.22. The third kappa shape index (κ3) is 4.73. The van der Waals surface area contributed by atoms with Crippen molar-refractivity contribution in [2.45, 2.75) is 51.4 Å². The number of benzene rings is 1. The van der Waals surface area contributed by atoms with Crippen molar-refractivity contribution in [2.24, 2.45) is 0 Å². The molecule has 0 aromatic heterocycles. The molecule has 1 aromatic rings. The van der Waals surface area contributed by atoms with Crippen LogP contribution >= 0.6 is 0 Å². The van der Waals surface area contributed by atoms with E-state index < -0.39 is 0 Å². The summed E-state index contributed by atoms with van der Waals surface area (Å²) < 4.78 is 11.1. The fourth-order valence-corrected chi connectivity index (χ4v) is 4.14. The van der Waals surface area contributed by atoms with Gasteiger partial charge in [-0.05, 0) is 44.4 Å². The summed E-state index contributed by atoms with van der Waals surface area (Å²) in [7, 11) is 1.65. The Morgan fingerprint density at radius 3 is 2.76 bits per heavy atom. The van der Waals surface area contributed by atoms with Gasteiger partial charge in [-0.25, -0.2) is 0 Å². The van der Waals surface area contributed by atoms with E-state index in [0.717, 1.165) is 50.3 Å². The fourth-order valence-electron chi connectivity index (χ4n) is 4.14. The highest BCUT2D eigenvalue weighted by Gasteiger charge is 2.32. The maximum Gasteiger partial charge on any atom is 0.227 e. The lowest BCUT2D eigenvalue weighted by molar-refractivity contribution is -0.132. The van der Waals surface area contributed by atoms with Crippen molar-refractivity contribution in [3.63, 3.8) is 0 Å². The molecular weight excluding hydrogens is 316 g/mol. The van der Waals surface area contributed by atoms with Crippen LogP contribution in [0.4, 0.5) is 0 Å². The van der Waals surface area contributed by atoms with Gasteiger partial charge < -0.3 is 14.4 Å². The maximum absolute atomic E-state index is 12.8. The molecule has 2 heterocycles. The van der Waals surface area contributed by atoms with E-state index in [1.54, 1.807) is 7.11 Å². The van der Waals surface area contributed by atoms with Crippen molar-refractivity contribution < 1.29 is 14.3 Å². The molecule has 0 bridgehead atoms. The Bertz CT molecular complexity index is 582. The number of methoxy groups -OCH3 is 1. The van der Waals surface area contributed by atoms with Gasteiger partial charge in [0.05, 0.1) is 25.7 Å². The number of carbonyl (C=O) groups excluding carboxylic acids is 1. The molecule has 0 unspecified atom stereocenters. The minimum atomic E-state index is 0.227. The van der Waals surface area contributed by atoms with Crippen LogP contribution in [-0.2, 0) is 16.0 Å². The van der Waals surface area contributed by atoms with Crippen molar-refractivity contribution >= 4 is 5.91 Å². The van der Waals surface area contributed by atoms with Crippen LogP contribution in [0.2, 0.25) is 0 Å². The zero-order chi connectivity index (χ0) is 17.8. The molecule has 1 amide bonds. The van der Waals surface area contributed by atoms with Crippen LogP contribution in [-0.4, -0.2) is 67.2 Å². The minimum Gasteiger partial charge on any atom is -0.497 e. The van der Waals surface area contributed by atoms with Crippen LogP contribution in [0.3, 0.4) is 0 Å². The quantitative estimate of drug-likeness (QED) is 0.821. The second-order valence-corrected chi connectivity index (χ2v) is 7.39.